The van der Waals surface area contributed by atoms with Crippen LogP contribution in [0.4, 0.5) is 0 Å². The summed E-state index contributed by atoms with van der Waals surface area (Å²) in [6.07, 6.45) is 0. The van der Waals surface area contributed by atoms with Crippen molar-refractivity contribution in [3.8, 4) is 11.5 Å². The lowest BCUT2D eigenvalue weighted by molar-refractivity contribution is -0.130. The van der Waals surface area contributed by atoms with E-state index in [4.69, 9.17) is 15.3 Å². The monoisotopic (exact) mass is 252 g/mol. The molecule has 5 heteroatoms. The third kappa shape index (κ3) is 3.63. The molecule has 1 aromatic rings. The molecule has 3 N–H and O–H groups in total. The van der Waals surface area contributed by atoms with Crippen molar-refractivity contribution in [2.75, 3.05) is 13.2 Å². The van der Waals surface area contributed by atoms with Gasteiger partial charge < -0.3 is 9.47 Å². The van der Waals surface area contributed by atoms with Crippen LogP contribution in [0.25, 0.3) is 0 Å². The van der Waals surface area contributed by atoms with Crippen LogP contribution in [-0.4, -0.2) is 19.1 Å². The van der Waals surface area contributed by atoms with Gasteiger partial charge in [0.2, 0.25) is 5.91 Å². The predicted octanol–water partition coefficient (Wildman–Crippen LogP) is 1.48. The van der Waals surface area contributed by atoms with Crippen LogP contribution < -0.4 is 20.7 Å². The van der Waals surface area contributed by atoms with Gasteiger partial charge in [-0.3, -0.25) is 10.2 Å². The quantitative estimate of drug-likeness (QED) is 0.457. The molecule has 0 aliphatic carbocycles. The number of carbonyl (C=O) groups is 1. The van der Waals surface area contributed by atoms with Crippen molar-refractivity contribution in [2.45, 2.75) is 20.8 Å². The largest absolute Gasteiger partial charge is 0.490 e. The topological polar surface area (TPSA) is 73.6 Å². The SMILES string of the molecule is CCOc1ccccc1OCC(C)(C)C(=O)NN. The fraction of sp³-hybridized carbons (Fsp3) is 0.462. The number of amides is 1. The molecule has 1 amide bonds. The Bertz CT molecular complexity index is 405. The fourth-order valence-electron chi connectivity index (χ4n) is 1.36. The Balaban J connectivity index is 2.71. The summed E-state index contributed by atoms with van der Waals surface area (Å²) < 4.78 is 11.1. The summed E-state index contributed by atoms with van der Waals surface area (Å²) in [5.74, 6) is 6.15. The highest BCUT2D eigenvalue weighted by Crippen LogP contribution is 2.28. The number of para-hydroxylation sites is 2. The normalized spacial score (nSPS) is 10.9. The zero-order valence-electron chi connectivity index (χ0n) is 11.0. The minimum Gasteiger partial charge on any atom is -0.490 e. The zero-order valence-corrected chi connectivity index (χ0v) is 11.0. The van der Waals surface area contributed by atoms with Crippen LogP contribution in [0.1, 0.15) is 20.8 Å². The van der Waals surface area contributed by atoms with E-state index in [1.165, 1.54) is 0 Å². The summed E-state index contributed by atoms with van der Waals surface area (Å²) in [6, 6.07) is 7.36. The summed E-state index contributed by atoms with van der Waals surface area (Å²) in [4.78, 5) is 11.5. The fourth-order valence-corrected chi connectivity index (χ4v) is 1.36. The third-order valence-corrected chi connectivity index (χ3v) is 2.48. The Morgan fingerprint density at radius 1 is 1.28 bits per heavy atom. The van der Waals surface area contributed by atoms with Crippen molar-refractivity contribution in [3.63, 3.8) is 0 Å². The van der Waals surface area contributed by atoms with Crippen LogP contribution in [0.5, 0.6) is 11.5 Å². The van der Waals surface area contributed by atoms with Crippen LogP contribution >= 0.6 is 0 Å². The molecule has 0 saturated heterocycles. The van der Waals surface area contributed by atoms with E-state index in [0.717, 1.165) is 0 Å². The molecule has 0 unspecified atom stereocenters. The first kappa shape index (κ1) is 14.3. The number of hydrogen-bond acceptors (Lipinski definition) is 4. The van der Waals surface area contributed by atoms with Gasteiger partial charge in [0.05, 0.1) is 12.0 Å². The van der Waals surface area contributed by atoms with E-state index in [2.05, 4.69) is 5.43 Å². The molecular formula is C13H20N2O3. The maximum atomic E-state index is 11.5. The summed E-state index contributed by atoms with van der Waals surface area (Å²) >= 11 is 0. The lowest BCUT2D eigenvalue weighted by atomic mass is 9.94. The first-order valence-electron chi connectivity index (χ1n) is 5.87. The van der Waals surface area contributed by atoms with Crippen molar-refractivity contribution in [2.24, 2.45) is 11.3 Å². The Hall–Kier alpha value is -1.75. The second-order valence-corrected chi connectivity index (χ2v) is 4.53. The standard InChI is InChI=1S/C13H20N2O3/c1-4-17-10-7-5-6-8-11(10)18-9-13(2,3)12(16)15-14/h5-8H,4,9,14H2,1-3H3,(H,15,16). The van der Waals surface area contributed by atoms with Gasteiger partial charge >= 0.3 is 0 Å². The number of nitrogens with two attached hydrogens (primary N) is 1. The number of hydrazine groups is 1. The lowest BCUT2D eigenvalue weighted by Crippen LogP contribution is -2.44. The van der Waals surface area contributed by atoms with Gasteiger partial charge in [0.25, 0.3) is 0 Å². The minimum absolute atomic E-state index is 0.222. The van der Waals surface area contributed by atoms with Gasteiger partial charge in [-0.2, -0.15) is 0 Å². The third-order valence-electron chi connectivity index (χ3n) is 2.48. The van der Waals surface area contributed by atoms with Crippen LogP contribution in [-0.2, 0) is 4.79 Å². The highest BCUT2D eigenvalue weighted by molar-refractivity contribution is 5.81. The van der Waals surface area contributed by atoms with Crippen LogP contribution in [0, 0.1) is 5.41 Å². The maximum Gasteiger partial charge on any atom is 0.242 e. The predicted molar refractivity (Wildman–Crippen MR) is 69.2 cm³/mol. The molecule has 0 spiro atoms. The Morgan fingerprint density at radius 3 is 2.33 bits per heavy atom. The van der Waals surface area contributed by atoms with Crippen molar-refractivity contribution < 1.29 is 14.3 Å². The van der Waals surface area contributed by atoms with Crippen LogP contribution in [0.3, 0.4) is 0 Å². The van der Waals surface area contributed by atoms with Crippen molar-refractivity contribution >= 4 is 5.91 Å². The van der Waals surface area contributed by atoms with Crippen LogP contribution in [0.2, 0.25) is 0 Å². The molecule has 18 heavy (non-hydrogen) atoms. The smallest absolute Gasteiger partial charge is 0.242 e. The molecule has 1 rings (SSSR count). The summed E-state index contributed by atoms with van der Waals surface area (Å²) in [5.41, 5.74) is 1.43. The first-order valence-corrected chi connectivity index (χ1v) is 5.87. The van der Waals surface area contributed by atoms with Gasteiger partial charge in [-0.25, -0.2) is 5.84 Å². The maximum absolute atomic E-state index is 11.5. The Morgan fingerprint density at radius 2 is 1.83 bits per heavy atom. The molecule has 5 nitrogen and oxygen atoms in total. The zero-order chi connectivity index (χ0) is 13.6. The van der Waals surface area contributed by atoms with Gasteiger partial charge in [-0.1, -0.05) is 12.1 Å². The van der Waals surface area contributed by atoms with Gasteiger partial charge in [-0.15, -0.1) is 0 Å². The number of ether oxygens (including phenoxy) is 2. The number of nitrogens with one attached hydrogen (secondary N) is 1. The summed E-state index contributed by atoms with van der Waals surface area (Å²) in [5, 5.41) is 0. The van der Waals surface area contributed by atoms with E-state index in [-0.39, 0.29) is 12.5 Å². The van der Waals surface area contributed by atoms with E-state index in [1.54, 1.807) is 19.9 Å². The first-order chi connectivity index (χ1) is 8.51. The van der Waals surface area contributed by atoms with Gasteiger partial charge in [-0.05, 0) is 32.9 Å². The molecule has 0 aromatic heterocycles. The molecule has 0 heterocycles. The molecule has 100 valence electrons. The van der Waals surface area contributed by atoms with Crippen molar-refractivity contribution in [1.82, 2.24) is 5.43 Å². The highest BCUT2D eigenvalue weighted by Gasteiger charge is 2.28. The number of carbonyl (C=O) groups excluding carboxylic acids is 1. The second kappa shape index (κ2) is 6.26. The molecule has 0 saturated carbocycles. The molecule has 0 aliphatic rings. The molecule has 0 atom stereocenters. The van der Waals surface area contributed by atoms with E-state index in [1.807, 2.05) is 25.1 Å². The Kier molecular flexibility index (Phi) is 4.97. The van der Waals surface area contributed by atoms with Crippen molar-refractivity contribution in [1.29, 1.82) is 0 Å². The molecule has 0 radical (unpaired) electrons. The average molecular weight is 252 g/mol. The van der Waals surface area contributed by atoms with Gasteiger partial charge in [0.1, 0.15) is 6.61 Å². The van der Waals surface area contributed by atoms with E-state index in [9.17, 15) is 4.79 Å². The molecule has 1 aromatic carbocycles. The number of hydrogen-bond donors (Lipinski definition) is 2. The van der Waals surface area contributed by atoms with Crippen molar-refractivity contribution in [3.05, 3.63) is 24.3 Å². The van der Waals surface area contributed by atoms with E-state index in [0.29, 0.717) is 18.1 Å². The molecule has 0 bridgehead atoms. The van der Waals surface area contributed by atoms with Gasteiger partial charge in [0.15, 0.2) is 11.5 Å². The lowest BCUT2D eigenvalue weighted by Gasteiger charge is -2.23. The molecular weight excluding hydrogens is 232 g/mol. The minimum atomic E-state index is -0.700. The van der Waals surface area contributed by atoms with E-state index < -0.39 is 5.41 Å². The average Bonchev–Trinajstić information content (AvgIpc) is 2.37. The summed E-state index contributed by atoms with van der Waals surface area (Å²) in [6.45, 7) is 6.22. The number of rotatable bonds is 6. The van der Waals surface area contributed by atoms with E-state index >= 15 is 0 Å². The molecule has 0 aliphatic heterocycles. The highest BCUT2D eigenvalue weighted by atomic mass is 16.5. The Labute approximate surface area is 107 Å². The second-order valence-electron chi connectivity index (χ2n) is 4.53. The van der Waals surface area contributed by atoms with Crippen LogP contribution in [0.15, 0.2) is 24.3 Å². The number of benzene rings is 1. The van der Waals surface area contributed by atoms with Gasteiger partial charge in [0, 0.05) is 0 Å². The summed E-state index contributed by atoms with van der Waals surface area (Å²) in [7, 11) is 0. The molecule has 0 fully saturated rings.